The fourth-order valence-electron chi connectivity index (χ4n) is 0.740. The van der Waals surface area contributed by atoms with Gasteiger partial charge < -0.3 is 5.11 Å². The molecule has 0 spiro atoms. The lowest BCUT2D eigenvalue weighted by molar-refractivity contribution is 0.240. The molecule has 0 aliphatic heterocycles. The second kappa shape index (κ2) is 6.37. The molecule has 0 heterocycles. The van der Waals surface area contributed by atoms with E-state index in [9.17, 15) is 0 Å². The van der Waals surface area contributed by atoms with E-state index in [-0.39, 0.29) is 0 Å². The van der Waals surface area contributed by atoms with E-state index in [4.69, 9.17) is 16.7 Å². The van der Waals surface area contributed by atoms with Gasteiger partial charge in [0.05, 0.1) is 0 Å². The van der Waals surface area contributed by atoms with Crippen LogP contribution in [-0.4, -0.2) is 10.7 Å². The standard InChI is InChI=1S/C7H15ClO/c1-2-3-4-5-6-7(8)9/h7,9H,2-6H2,1H3. The van der Waals surface area contributed by atoms with Crippen molar-refractivity contribution in [2.45, 2.75) is 44.6 Å². The van der Waals surface area contributed by atoms with Gasteiger partial charge >= 0.3 is 0 Å². The van der Waals surface area contributed by atoms with Crippen molar-refractivity contribution >= 4 is 11.6 Å². The van der Waals surface area contributed by atoms with Crippen molar-refractivity contribution < 1.29 is 5.11 Å². The lowest BCUT2D eigenvalue weighted by Crippen LogP contribution is -1.94. The minimum atomic E-state index is -0.623. The lowest BCUT2D eigenvalue weighted by Gasteiger charge is -1.99. The van der Waals surface area contributed by atoms with Gasteiger partial charge in [0.1, 0.15) is 5.56 Å². The number of hydrogen-bond acceptors (Lipinski definition) is 1. The molecule has 0 aromatic carbocycles. The molecule has 0 saturated carbocycles. The van der Waals surface area contributed by atoms with Gasteiger partial charge in [-0.05, 0) is 12.8 Å². The molecule has 0 saturated heterocycles. The molecule has 0 aliphatic carbocycles. The Hall–Kier alpha value is 0.250. The Morgan fingerprint density at radius 1 is 1.33 bits per heavy atom. The van der Waals surface area contributed by atoms with Crippen molar-refractivity contribution in [2.75, 3.05) is 0 Å². The minimum Gasteiger partial charge on any atom is -0.378 e. The number of aliphatic hydroxyl groups is 1. The van der Waals surface area contributed by atoms with Crippen LogP contribution < -0.4 is 0 Å². The van der Waals surface area contributed by atoms with Gasteiger partial charge in [-0.1, -0.05) is 37.8 Å². The van der Waals surface area contributed by atoms with Crippen LogP contribution in [0.25, 0.3) is 0 Å². The molecule has 0 aliphatic rings. The molecular formula is C7H15ClO. The smallest absolute Gasteiger partial charge is 0.128 e. The minimum absolute atomic E-state index is 0.623. The van der Waals surface area contributed by atoms with Gasteiger partial charge in [-0.3, -0.25) is 0 Å². The number of halogens is 1. The fourth-order valence-corrected chi connectivity index (χ4v) is 0.894. The summed E-state index contributed by atoms with van der Waals surface area (Å²) in [5.41, 5.74) is -0.623. The van der Waals surface area contributed by atoms with Crippen LogP contribution in [0.4, 0.5) is 0 Å². The Kier molecular flexibility index (Phi) is 6.55. The highest BCUT2D eigenvalue weighted by molar-refractivity contribution is 6.19. The second-order valence-electron chi connectivity index (χ2n) is 2.28. The zero-order valence-corrected chi connectivity index (χ0v) is 6.69. The molecule has 0 aromatic heterocycles. The van der Waals surface area contributed by atoms with Crippen molar-refractivity contribution in [3.05, 3.63) is 0 Å². The van der Waals surface area contributed by atoms with Crippen molar-refractivity contribution in [1.29, 1.82) is 0 Å². The van der Waals surface area contributed by atoms with Crippen LogP contribution in [0, 0.1) is 0 Å². The molecular weight excluding hydrogens is 136 g/mol. The largest absolute Gasteiger partial charge is 0.378 e. The molecule has 2 heteroatoms. The summed E-state index contributed by atoms with van der Waals surface area (Å²) >= 11 is 5.31. The molecule has 0 bridgehead atoms. The van der Waals surface area contributed by atoms with Crippen LogP contribution in [0.1, 0.15) is 39.0 Å². The summed E-state index contributed by atoms with van der Waals surface area (Å²) < 4.78 is 0. The molecule has 0 rings (SSSR count). The highest BCUT2D eigenvalue weighted by atomic mass is 35.5. The van der Waals surface area contributed by atoms with E-state index in [1.165, 1.54) is 19.3 Å². The van der Waals surface area contributed by atoms with Gasteiger partial charge in [-0.2, -0.15) is 0 Å². The quantitative estimate of drug-likeness (QED) is 0.472. The summed E-state index contributed by atoms with van der Waals surface area (Å²) in [7, 11) is 0. The number of aliphatic hydroxyl groups excluding tert-OH is 1. The van der Waals surface area contributed by atoms with Crippen LogP contribution in [0.15, 0.2) is 0 Å². The zero-order valence-electron chi connectivity index (χ0n) is 5.94. The van der Waals surface area contributed by atoms with Gasteiger partial charge in [0.2, 0.25) is 0 Å². The van der Waals surface area contributed by atoms with Gasteiger partial charge in [0, 0.05) is 0 Å². The molecule has 0 aromatic rings. The second-order valence-corrected chi connectivity index (χ2v) is 2.79. The van der Waals surface area contributed by atoms with Crippen molar-refractivity contribution in [2.24, 2.45) is 0 Å². The third-order valence-corrected chi connectivity index (χ3v) is 1.51. The normalized spacial score (nSPS) is 13.7. The van der Waals surface area contributed by atoms with E-state index in [0.717, 1.165) is 12.8 Å². The van der Waals surface area contributed by atoms with E-state index < -0.39 is 5.56 Å². The Bertz CT molecular complexity index is 54.9. The Labute approximate surface area is 62.0 Å². The van der Waals surface area contributed by atoms with Crippen LogP contribution in [0.2, 0.25) is 0 Å². The molecule has 1 atom stereocenters. The van der Waals surface area contributed by atoms with Crippen LogP contribution in [0.5, 0.6) is 0 Å². The van der Waals surface area contributed by atoms with Crippen LogP contribution in [0.3, 0.4) is 0 Å². The topological polar surface area (TPSA) is 20.2 Å². The molecule has 1 unspecified atom stereocenters. The molecule has 9 heavy (non-hydrogen) atoms. The average molecular weight is 151 g/mol. The predicted octanol–water partition coefficient (Wildman–Crippen LogP) is 2.51. The first-order valence-electron chi connectivity index (χ1n) is 3.59. The molecule has 1 N–H and O–H groups in total. The maximum absolute atomic E-state index is 8.62. The Morgan fingerprint density at radius 3 is 2.44 bits per heavy atom. The van der Waals surface area contributed by atoms with E-state index in [0.29, 0.717) is 0 Å². The van der Waals surface area contributed by atoms with Crippen LogP contribution in [-0.2, 0) is 0 Å². The van der Waals surface area contributed by atoms with E-state index >= 15 is 0 Å². The summed E-state index contributed by atoms with van der Waals surface area (Å²) in [4.78, 5) is 0. The molecule has 0 fully saturated rings. The van der Waals surface area contributed by atoms with Crippen LogP contribution >= 0.6 is 11.6 Å². The number of hydrogen-bond donors (Lipinski definition) is 1. The molecule has 0 amide bonds. The monoisotopic (exact) mass is 150 g/mol. The van der Waals surface area contributed by atoms with Crippen molar-refractivity contribution in [3.8, 4) is 0 Å². The van der Waals surface area contributed by atoms with Crippen molar-refractivity contribution in [3.63, 3.8) is 0 Å². The van der Waals surface area contributed by atoms with Gasteiger partial charge in [-0.25, -0.2) is 0 Å². The highest BCUT2D eigenvalue weighted by Crippen LogP contribution is 2.06. The van der Waals surface area contributed by atoms with E-state index in [1.54, 1.807) is 0 Å². The molecule has 1 nitrogen and oxygen atoms in total. The first-order chi connectivity index (χ1) is 4.27. The molecule has 56 valence electrons. The summed E-state index contributed by atoms with van der Waals surface area (Å²) in [6.07, 6.45) is 5.47. The zero-order chi connectivity index (χ0) is 7.11. The van der Waals surface area contributed by atoms with Gasteiger partial charge in [0.15, 0.2) is 0 Å². The highest BCUT2D eigenvalue weighted by Gasteiger charge is 1.95. The van der Waals surface area contributed by atoms with E-state index in [2.05, 4.69) is 6.92 Å². The van der Waals surface area contributed by atoms with Gasteiger partial charge in [0.25, 0.3) is 0 Å². The number of unbranched alkanes of at least 4 members (excludes halogenated alkanes) is 3. The summed E-state index contributed by atoms with van der Waals surface area (Å²) in [6.45, 7) is 2.16. The lowest BCUT2D eigenvalue weighted by atomic mass is 10.2. The molecule has 0 radical (unpaired) electrons. The van der Waals surface area contributed by atoms with Crippen molar-refractivity contribution in [1.82, 2.24) is 0 Å². The number of alkyl halides is 1. The van der Waals surface area contributed by atoms with Gasteiger partial charge in [-0.15, -0.1) is 0 Å². The predicted molar refractivity (Wildman–Crippen MR) is 40.6 cm³/mol. The maximum Gasteiger partial charge on any atom is 0.128 e. The Balaban J connectivity index is 2.75. The average Bonchev–Trinajstić information content (AvgIpc) is 1.80. The Morgan fingerprint density at radius 2 is 2.00 bits per heavy atom. The SMILES string of the molecule is CCCCCCC(O)Cl. The summed E-state index contributed by atoms with van der Waals surface area (Å²) in [6, 6.07) is 0. The first-order valence-corrected chi connectivity index (χ1v) is 4.03. The summed E-state index contributed by atoms with van der Waals surface area (Å²) in [5, 5.41) is 8.62. The fraction of sp³-hybridized carbons (Fsp3) is 1.00. The number of rotatable bonds is 5. The summed E-state index contributed by atoms with van der Waals surface area (Å²) in [5.74, 6) is 0. The first kappa shape index (κ1) is 9.25. The maximum atomic E-state index is 8.62. The third kappa shape index (κ3) is 8.25. The third-order valence-electron chi connectivity index (χ3n) is 1.30. The van der Waals surface area contributed by atoms with E-state index in [1.807, 2.05) is 0 Å².